The molecule has 0 saturated heterocycles. The van der Waals surface area contributed by atoms with Gasteiger partial charge in [-0.25, -0.2) is 9.78 Å². The monoisotopic (exact) mass is 441 g/mol. The van der Waals surface area contributed by atoms with E-state index in [2.05, 4.69) is 20.7 Å². The van der Waals surface area contributed by atoms with Crippen LogP contribution in [0.2, 0.25) is 0 Å². The molecule has 0 aliphatic heterocycles. The maximum atomic E-state index is 13.2. The summed E-state index contributed by atoms with van der Waals surface area (Å²) in [5.41, 5.74) is -0.609. The fourth-order valence-corrected chi connectivity index (χ4v) is 3.25. The normalized spacial score (nSPS) is 12.2. The third-order valence-electron chi connectivity index (χ3n) is 3.96. The van der Waals surface area contributed by atoms with Gasteiger partial charge in [0, 0.05) is 35.5 Å². The smallest absolute Gasteiger partial charge is 0.416 e. The molecule has 2 heterocycles. The van der Waals surface area contributed by atoms with Gasteiger partial charge in [0.05, 0.1) is 17.7 Å². The second-order valence-electron chi connectivity index (χ2n) is 7.63. The largest absolute Gasteiger partial charge is 0.449 e. The molecule has 3 aromatic rings. The van der Waals surface area contributed by atoms with Crippen molar-refractivity contribution in [2.45, 2.75) is 45.5 Å². The predicted octanol–water partition coefficient (Wildman–Crippen LogP) is 5.17. The highest BCUT2D eigenvalue weighted by molar-refractivity contribution is 7.13. The molecule has 0 aliphatic carbocycles. The molecular formula is C19H22F3N5O2S. The van der Waals surface area contributed by atoms with E-state index in [1.807, 2.05) is 20.8 Å². The van der Waals surface area contributed by atoms with E-state index in [-0.39, 0.29) is 12.4 Å². The van der Waals surface area contributed by atoms with Gasteiger partial charge in [-0.15, -0.1) is 11.3 Å². The highest BCUT2D eigenvalue weighted by atomic mass is 32.1. The van der Waals surface area contributed by atoms with E-state index in [1.165, 1.54) is 17.4 Å². The van der Waals surface area contributed by atoms with Crippen molar-refractivity contribution >= 4 is 39.3 Å². The molecule has 2 N–H and O–H groups in total. The number of alkyl halides is 3. The molecule has 1 aromatic carbocycles. The van der Waals surface area contributed by atoms with Crippen molar-refractivity contribution in [2.75, 3.05) is 11.9 Å². The highest BCUT2D eigenvalue weighted by Gasteiger charge is 2.31. The first-order valence-electron chi connectivity index (χ1n) is 9.22. The fraction of sp³-hybridized carbons (Fsp3) is 0.421. The number of amides is 1. The van der Waals surface area contributed by atoms with Gasteiger partial charge in [-0.05, 0) is 39.0 Å². The topological polar surface area (TPSA) is 81.1 Å². The van der Waals surface area contributed by atoms with Crippen LogP contribution >= 0.6 is 11.3 Å². The molecule has 0 fully saturated rings. The highest BCUT2D eigenvalue weighted by Crippen LogP contribution is 2.34. The van der Waals surface area contributed by atoms with E-state index in [0.717, 1.165) is 12.1 Å². The summed E-state index contributed by atoms with van der Waals surface area (Å²) < 4.78 is 46.2. The summed E-state index contributed by atoms with van der Waals surface area (Å²) in [6, 6.07) is 3.49. The summed E-state index contributed by atoms with van der Waals surface area (Å²) in [5.74, 6) is 0.289. The lowest BCUT2D eigenvalue weighted by Crippen LogP contribution is -2.41. The molecule has 0 bridgehead atoms. The molecule has 7 nitrogen and oxygen atoms in total. The summed E-state index contributed by atoms with van der Waals surface area (Å²) in [7, 11) is 0. The summed E-state index contributed by atoms with van der Waals surface area (Å²) in [6.07, 6.45) is -2.93. The SMILES string of the molecule is CC(C)(C)NC(=O)OCCCn1nc(Nc2nccs2)c2cc(C(F)(F)F)ccc21. The first-order valence-corrected chi connectivity index (χ1v) is 10.1. The molecule has 30 heavy (non-hydrogen) atoms. The lowest BCUT2D eigenvalue weighted by Gasteiger charge is -2.19. The lowest BCUT2D eigenvalue weighted by molar-refractivity contribution is -0.137. The fourth-order valence-electron chi connectivity index (χ4n) is 2.73. The molecule has 162 valence electrons. The number of alkyl carbamates (subject to hydrolysis) is 1. The number of nitrogens with zero attached hydrogens (tertiary/aromatic N) is 3. The minimum atomic E-state index is -4.46. The van der Waals surface area contributed by atoms with E-state index < -0.39 is 23.4 Å². The molecule has 0 aliphatic rings. The number of benzene rings is 1. The number of rotatable bonds is 6. The van der Waals surface area contributed by atoms with Crippen molar-refractivity contribution in [2.24, 2.45) is 0 Å². The summed E-state index contributed by atoms with van der Waals surface area (Å²) in [6.45, 7) is 6.05. The van der Waals surface area contributed by atoms with Gasteiger partial charge in [0.15, 0.2) is 10.9 Å². The van der Waals surface area contributed by atoms with Crippen LogP contribution in [0.25, 0.3) is 10.9 Å². The van der Waals surface area contributed by atoms with E-state index in [9.17, 15) is 18.0 Å². The molecule has 0 atom stereocenters. The van der Waals surface area contributed by atoms with Gasteiger partial charge in [0.1, 0.15) is 0 Å². The molecule has 1 amide bonds. The molecular weight excluding hydrogens is 419 g/mol. The van der Waals surface area contributed by atoms with Crippen LogP contribution in [-0.2, 0) is 17.5 Å². The third-order valence-corrected chi connectivity index (χ3v) is 4.65. The van der Waals surface area contributed by atoms with Crippen LogP contribution in [-0.4, -0.2) is 33.0 Å². The molecule has 0 saturated carbocycles. The van der Waals surface area contributed by atoms with Gasteiger partial charge in [-0.3, -0.25) is 4.68 Å². The van der Waals surface area contributed by atoms with Crippen molar-refractivity contribution in [3.63, 3.8) is 0 Å². The zero-order valence-corrected chi connectivity index (χ0v) is 17.5. The number of nitrogens with one attached hydrogen (secondary N) is 2. The first-order chi connectivity index (χ1) is 14.0. The van der Waals surface area contributed by atoms with Gasteiger partial charge >= 0.3 is 12.3 Å². The lowest BCUT2D eigenvalue weighted by atomic mass is 10.1. The minimum Gasteiger partial charge on any atom is -0.449 e. The number of hydrogen-bond donors (Lipinski definition) is 2. The Hall–Kier alpha value is -2.82. The van der Waals surface area contributed by atoms with Crippen molar-refractivity contribution in [3.8, 4) is 0 Å². The molecule has 0 radical (unpaired) electrons. The summed E-state index contributed by atoms with van der Waals surface area (Å²) >= 11 is 1.32. The zero-order chi connectivity index (χ0) is 21.9. The van der Waals surface area contributed by atoms with E-state index in [1.54, 1.807) is 16.3 Å². The van der Waals surface area contributed by atoms with Crippen LogP contribution in [0.3, 0.4) is 0 Å². The van der Waals surface area contributed by atoms with Crippen LogP contribution in [0.4, 0.5) is 28.9 Å². The summed E-state index contributed by atoms with van der Waals surface area (Å²) in [4.78, 5) is 15.8. The van der Waals surface area contributed by atoms with Gasteiger partial charge < -0.3 is 15.4 Å². The Morgan fingerprint density at radius 2 is 2.03 bits per heavy atom. The molecule has 0 unspecified atom stereocenters. The van der Waals surface area contributed by atoms with E-state index in [0.29, 0.717) is 29.0 Å². The van der Waals surface area contributed by atoms with E-state index in [4.69, 9.17) is 4.74 Å². The van der Waals surface area contributed by atoms with Crippen molar-refractivity contribution < 1.29 is 22.7 Å². The zero-order valence-electron chi connectivity index (χ0n) is 16.7. The van der Waals surface area contributed by atoms with Gasteiger partial charge in [0.2, 0.25) is 0 Å². The van der Waals surface area contributed by atoms with Gasteiger partial charge in [0.25, 0.3) is 0 Å². The minimum absolute atomic E-state index is 0.152. The molecule has 3 rings (SSSR count). The Kier molecular flexibility index (Phi) is 6.20. The van der Waals surface area contributed by atoms with Crippen LogP contribution in [0, 0.1) is 0 Å². The molecule has 11 heteroatoms. The van der Waals surface area contributed by atoms with Crippen LogP contribution in [0.15, 0.2) is 29.8 Å². The number of halogens is 3. The number of aromatic nitrogens is 3. The number of hydrogen-bond acceptors (Lipinski definition) is 6. The molecule has 2 aromatic heterocycles. The van der Waals surface area contributed by atoms with Crippen LogP contribution in [0.1, 0.15) is 32.8 Å². The standard InChI is InChI=1S/C19H22F3N5O2S/c1-18(2,3)25-17(28)29-9-4-8-27-14-6-5-12(19(20,21)22)11-13(14)15(26-27)24-16-23-7-10-30-16/h5-7,10-11H,4,8-9H2,1-3H3,(H,25,28)(H,23,24,26). The van der Waals surface area contributed by atoms with Crippen molar-refractivity contribution in [1.82, 2.24) is 20.1 Å². The Labute approximate surface area is 175 Å². The number of carbonyl (C=O) groups excluding carboxylic acids is 1. The number of aryl methyl sites for hydroxylation is 1. The Balaban J connectivity index is 1.76. The van der Waals surface area contributed by atoms with Crippen LogP contribution in [0.5, 0.6) is 0 Å². The molecule has 0 spiro atoms. The second-order valence-corrected chi connectivity index (χ2v) is 8.52. The number of anilines is 2. The number of ether oxygens (including phenoxy) is 1. The maximum absolute atomic E-state index is 13.2. The number of carbonyl (C=O) groups is 1. The predicted molar refractivity (Wildman–Crippen MR) is 109 cm³/mol. The van der Waals surface area contributed by atoms with E-state index >= 15 is 0 Å². The Bertz CT molecular complexity index is 1010. The van der Waals surface area contributed by atoms with Crippen LogP contribution < -0.4 is 10.6 Å². The Morgan fingerprint density at radius 3 is 2.67 bits per heavy atom. The summed E-state index contributed by atoms with van der Waals surface area (Å²) in [5, 5.41) is 12.7. The average molecular weight is 441 g/mol. The average Bonchev–Trinajstić information content (AvgIpc) is 3.25. The van der Waals surface area contributed by atoms with Gasteiger partial charge in [-0.1, -0.05) is 0 Å². The number of fused-ring (bicyclic) bond motifs is 1. The number of thiazole rings is 1. The maximum Gasteiger partial charge on any atom is 0.416 e. The van der Waals surface area contributed by atoms with Crippen molar-refractivity contribution in [3.05, 3.63) is 35.3 Å². The second kappa shape index (κ2) is 8.50. The Morgan fingerprint density at radius 1 is 1.27 bits per heavy atom. The quantitative estimate of drug-likeness (QED) is 0.516. The van der Waals surface area contributed by atoms with Crippen molar-refractivity contribution in [1.29, 1.82) is 0 Å². The first kappa shape index (κ1) is 21.9. The van der Waals surface area contributed by atoms with Gasteiger partial charge in [-0.2, -0.15) is 18.3 Å². The third kappa shape index (κ3) is 5.62.